The number of phenolic OH excluding ortho intramolecular Hbond substituents is 1. The topological polar surface area (TPSA) is 44.6 Å². The monoisotopic (exact) mass is 250 g/mol. The molecule has 1 atom stereocenters. The minimum Gasteiger partial charge on any atom is -0.506 e. The number of hydrogen-bond acceptors (Lipinski definition) is 3. The molecule has 4 heteroatoms. The molecule has 0 saturated heterocycles. The zero-order valence-electron chi connectivity index (χ0n) is 9.65. The van der Waals surface area contributed by atoms with Crippen LogP contribution in [0.15, 0.2) is 35.5 Å². The van der Waals surface area contributed by atoms with Gasteiger partial charge in [0.2, 0.25) is 0 Å². The lowest BCUT2D eigenvalue weighted by Gasteiger charge is -2.20. The SMILES string of the molecule is CCC1CC=CN=C1Nc1ccc(Cl)cc1O. The smallest absolute Gasteiger partial charge is 0.140 e. The van der Waals surface area contributed by atoms with Gasteiger partial charge in [0.15, 0.2) is 0 Å². The van der Waals surface area contributed by atoms with Crippen molar-refractivity contribution < 1.29 is 5.11 Å². The quantitative estimate of drug-likeness (QED) is 0.784. The molecule has 0 radical (unpaired) electrons. The summed E-state index contributed by atoms with van der Waals surface area (Å²) < 4.78 is 0. The Hall–Kier alpha value is -1.48. The highest BCUT2D eigenvalue weighted by Crippen LogP contribution is 2.28. The first-order valence-corrected chi connectivity index (χ1v) is 6.06. The van der Waals surface area contributed by atoms with Crippen molar-refractivity contribution in [2.75, 3.05) is 5.32 Å². The van der Waals surface area contributed by atoms with Crippen LogP contribution in [0.5, 0.6) is 5.75 Å². The summed E-state index contributed by atoms with van der Waals surface area (Å²) in [6.07, 6.45) is 5.85. The van der Waals surface area contributed by atoms with E-state index in [-0.39, 0.29) is 5.75 Å². The number of halogens is 1. The zero-order chi connectivity index (χ0) is 12.3. The van der Waals surface area contributed by atoms with E-state index in [1.54, 1.807) is 18.3 Å². The van der Waals surface area contributed by atoms with Crippen molar-refractivity contribution >= 4 is 23.1 Å². The Bertz CT molecular complexity index is 468. The first-order valence-electron chi connectivity index (χ1n) is 5.69. The third kappa shape index (κ3) is 2.80. The lowest BCUT2D eigenvalue weighted by molar-refractivity contribution is 0.478. The molecule has 0 aliphatic carbocycles. The maximum absolute atomic E-state index is 9.76. The normalized spacial score (nSPS) is 18.9. The summed E-state index contributed by atoms with van der Waals surface area (Å²) >= 11 is 5.79. The minimum atomic E-state index is 0.143. The summed E-state index contributed by atoms with van der Waals surface area (Å²) in [4.78, 5) is 4.32. The molecule has 0 bridgehead atoms. The van der Waals surface area contributed by atoms with Crippen molar-refractivity contribution in [3.63, 3.8) is 0 Å². The standard InChI is InChI=1S/C13H15ClN2O/c1-2-9-4-3-7-15-13(9)16-11-6-5-10(14)8-12(11)17/h3,5-9,17H,2,4H2,1H3,(H,15,16). The molecule has 1 aliphatic rings. The van der Waals surface area contributed by atoms with E-state index in [1.807, 2.05) is 0 Å². The van der Waals surface area contributed by atoms with Crippen LogP contribution < -0.4 is 5.32 Å². The molecule has 0 spiro atoms. The van der Waals surface area contributed by atoms with E-state index in [2.05, 4.69) is 23.3 Å². The number of benzene rings is 1. The molecule has 0 aromatic heterocycles. The maximum atomic E-state index is 9.76. The Balaban J connectivity index is 2.19. The third-order valence-corrected chi connectivity index (χ3v) is 3.08. The number of phenols is 1. The van der Waals surface area contributed by atoms with Crippen LogP contribution in [-0.4, -0.2) is 10.9 Å². The Morgan fingerprint density at radius 1 is 1.53 bits per heavy atom. The van der Waals surface area contributed by atoms with Gasteiger partial charge in [0.05, 0.1) is 5.69 Å². The third-order valence-electron chi connectivity index (χ3n) is 2.84. The van der Waals surface area contributed by atoms with Gasteiger partial charge in [-0.2, -0.15) is 0 Å². The van der Waals surface area contributed by atoms with Crippen molar-refractivity contribution in [3.8, 4) is 5.75 Å². The van der Waals surface area contributed by atoms with E-state index in [4.69, 9.17) is 11.6 Å². The molecule has 0 saturated carbocycles. The Kier molecular flexibility index (Phi) is 3.69. The number of nitrogens with zero attached hydrogens (tertiary/aromatic N) is 1. The van der Waals surface area contributed by atoms with Crippen molar-refractivity contribution in [2.24, 2.45) is 10.9 Å². The molecule has 2 N–H and O–H groups in total. The van der Waals surface area contributed by atoms with E-state index in [0.29, 0.717) is 16.6 Å². The summed E-state index contributed by atoms with van der Waals surface area (Å²) in [6, 6.07) is 5.01. The molecule has 90 valence electrons. The highest BCUT2D eigenvalue weighted by atomic mass is 35.5. The lowest BCUT2D eigenvalue weighted by Crippen LogP contribution is -2.23. The van der Waals surface area contributed by atoms with E-state index in [0.717, 1.165) is 18.7 Å². The average molecular weight is 251 g/mol. The van der Waals surface area contributed by atoms with E-state index < -0.39 is 0 Å². The molecule has 0 amide bonds. The van der Waals surface area contributed by atoms with Gasteiger partial charge in [0, 0.05) is 23.2 Å². The van der Waals surface area contributed by atoms with E-state index in [9.17, 15) is 5.11 Å². The second-order valence-corrected chi connectivity index (χ2v) is 4.46. The second kappa shape index (κ2) is 5.23. The highest BCUT2D eigenvalue weighted by Gasteiger charge is 2.16. The molecule has 1 unspecified atom stereocenters. The molecular formula is C13H15ClN2O. The molecular weight excluding hydrogens is 236 g/mol. The lowest BCUT2D eigenvalue weighted by atomic mass is 9.99. The molecule has 1 aromatic carbocycles. The summed E-state index contributed by atoms with van der Waals surface area (Å²) in [7, 11) is 0. The number of anilines is 1. The Labute approximate surface area is 106 Å². The molecule has 1 aromatic rings. The fourth-order valence-corrected chi connectivity index (χ4v) is 1.98. The van der Waals surface area contributed by atoms with Crippen molar-refractivity contribution in [1.29, 1.82) is 0 Å². The van der Waals surface area contributed by atoms with Gasteiger partial charge in [-0.3, -0.25) is 0 Å². The predicted octanol–water partition coefficient (Wildman–Crippen LogP) is 3.80. The molecule has 3 nitrogen and oxygen atoms in total. The van der Waals surface area contributed by atoms with Crippen LogP contribution in [0.25, 0.3) is 0 Å². The van der Waals surface area contributed by atoms with Crippen LogP contribution in [0.1, 0.15) is 19.8 Å². The minimum absolute atomic E-state index is 0.143. The largest absolute Gasteiger partial charge is 0.506 e. The van der Waals surface area contributed by atoms with Gasteiger partial charge in [-0.25, -0.2) is 4.99 Å². The molecule has 0 fully saturated rings. The number of allylic oxidation sites excluding steroid dienone is 1. The summed E-state index contributed by atoms with van der Waals surface area (Å²) in [5, 5.41) is 13.4. The van der Waals surface area contributed by atoms with E-state index >= 15 is 0 Å². The summed E-state index contributed by atoms with van der Waals surface area (Å²) in [5.41, 5.74) is 0.641. The number of nitrogens with one attached hydrogen (secondary N) is 1. The van der Waals surface area contributed by atoms with Crippen LogP contribution in [0.2, 0.25) is 5.02 Å². The summed E-state index contributed by atoms with van der Waals surface area (Å²) in [5.74, 6) is 1.42. The number of hydrogen-bond donors (Lipinski definition) is 2. The molecule has 1 heterocycles. The average Bonchev–Trinajstić information content (AvgIpc) is 2.33. The van der Waals surface area contributed by atoms with Gasteiger partial charge in [-0.15, -0.1) is 0 Å². The fraction of sp³-hybridized carbons (Fsp3) is 0.308. The van der Waals surface area contributed by atoms with Crippen LogP contribution in [0.4, 0.5) is 5.69 Å². The van der Waals surface area contributed by atoms with Gasteiger partial charge in [-0.05, 0) is 25.0 Å². The second-order valence-electron chi connectivity index (χ2n) is 4.03. The van der Waals surface area contributed by atoms with Gasteiger partial charge >= 0.3 is 0 Å². The Morgan fingerprint density at radius 3 is 3.06 bits per heavy atom. The van der Waals surface area contributed by atoms with Crippen LogP contribution in [-0.2, 0) is 0 Å². The van der Waals surface area contributed by atoms with Crippen molar-refractivity contribution in [1.82, 2.24) is 0 Å². The van der Waals surface area contributed by atoms with Crippen LogP contribution in [0, 0.1) is 5.92 Å². The van der Waals surface area contributed by atoms with Crippen molar-refractivity contribution in [3.05, 3.63) is 35.5 Å². The van der Waals surface area contributed by atoms with Crippen LogP contribution in [0.3, 0.4) is 0 Å². The fourth-order valence-electron chi connectivity index (χ4n) is 1.82. The van der Waals surface area contributed by atoms with Gasteiger partial charge < -0.3 is 10.4 Å². The first kappa shape index (κ1) is 12.0. The highest BCUT2D eigenvalue weighted by molar-refractivity contribution is 6.30. The maximum Gasteiger partial charge on any atom is 0.140 e. The summed E-state index contributed by atoms with van der Waals surface area (Å²) in [6.45, 7) is 2.13. The number of aromatic hydroxyl groups is 1. The predicted molar refractivity (Wildman–Crippen MR) is 71.7 cm³/mol. The van der Waals surface area contributed by atoms with E-state index in [1.165, 1.54) is 6.07 Å². The van der Waals surface area contributed by atoms with Gasteiger partial charge in [0.25, 0.3) is 0 Å². The van der Waals surface area contributed by atoms with Gasteiger partial charge in [0.1, 0.15) is 11.6 Å². The number of aliphatic imine (C=N–C) groups is 1. The number of amidine groups is 1. The zero-order valence-corrected chi connectivity index (χ0v) is 10.4. The van der Waals surface area contributed by atoms with Gasteiger partial charge in [-0.1, -0.05) is 24.6 Å². The van der Waals surface area contributed by atoms with Crippen molar-refractivity contribution in [2.45, 2.75) is 19.8 Å². The van der Waals surface area contributed by atoms with Crippen LogP contribution >= 0.6 is 11.6 Å². The molecule has 2 rings (SSSR count). The first-order chi connectivity index (χ1) is 8.20. The number of rotatable bonds is 2. The Morgan fingerprint density at radius 2 is 2.35 bits per heavy atom. The molecule has 17 heavy (non-hydrogen) atoms. The molecule has 1 aliphatic heterocycles.